The molecule has 1 aliphatic heterocycles. The Morgan fingerprint density at radius 3 is 2.56 bits per heavy atom. The lowest BCUT2D eigenvalue weighted by Crippen LogP contribution is -2.28. The smallest absolute Gasteiger partial charge is 0.436 e. The van der Waals surface area contributed by atoms with Crippen molar-refractivity contribution < 1.29 is 17.6 Å². The molecule has 2 rings (SSSR count). The largest absolute Gasteiger partial charge is 0.444 e. The number of nitrogens with zero attached hydrogens (tertiary/aromatic N) is 1. The Hall–Kier alpha value is -1.04. The van der Waals surface area contributed by atoms with Crippen molar-refractivity contribution in [3.63, 3.8) is 0 Å². The third-order valence-electron chi connectivity index (χ3n) is 3.11. The van der Waals surface area contributed by atoms with Gasteiger partial charge in [0.25, 0.3) is 0 Å². The predicted molar refractivity (Wildman–Crippen MR) is 60.4 cm³/mol. The average molecular weight is 262 g/mol. The maximum atomic E-state index is 12.9. The summed E-state index contributed by atoms with van der Waals surface area (Å²) in [6, 6.07) is 0. The van der Waals surface area contributed by atoms with Crippen LogP contribution in [0.3, 0.4) is 0 Å². The number of halogens is 3. The molecule has 0 radical (unpaired) electrons. The van der Waals surface area contributed by atoms with E-state index < -0.39 is 11.9 Å². The van der Waals surface area contributed by atoms with Crippen LogP contribution in [0.25, 0.3) is 0 Å². The van der Waals surface area contributed by atoms with Crippen molar-refractivity contribution in [1.29, 1.82) is 0 Å². The molecule has 0 amide bonds. The molecule has 0 aliphatic carbocycles. The third-order valence-corrected chi connectivity index (χ3v) is 3.11. The number of hydrogen-bond acceptors (Lipinski definition) is 3. The van der Waals surface area contributed by atoms with Crippen LogP contribution >= 0.6 is 0 Å². The molecule has 1 saturated heterocycles. The van der Waals surface area contributed by atoms with E-state index in [4.69, 9.17) is 4.42 Å². The maximum Gasteiger partial charge on any atom is 0.436 e. The fourth-order valence-electron chi connectivity index (χ4n) is 2.18. The fraction of sp³-hybridized carbons (Fsp3) is 0.750. The van der Waals surface area contributed by atoms with Gasteiger partial charge >= 0.3 is 6.18 Å². The molecular weight excluding hydrogens is 245 g/mol. The van der Waals surface area contributed by atoms with Crippen molar-refractivity contribution in [2.45, 2.75) is 44.7 Å². The second-order valence-corrected chi connectivity index (χ2v) is 4.96. The Balaban J connectivity index is 2.32. The molecule has 102 valence electrons. The molecule has 1 unspecified atom stereocenters. The topological polar surface area (TPSA) is 38.1 Å². The summed E-state index contributed by atoms with van der Waals surface area (Å²) in [6.07, 6.45) is -2.68. The SMILES string of the molecule is CC(C)c1oc(C2CCCNC2)nc1C(F)(F)F. The van der Waals surface area contributed by atoms with Crippen molar-refractivity contribution >= 4 is 0 Å². The zero-order valence-corrected chi connectivity index (χ0v) is 10.5. The van der Waals surface area contributed by atoms with Gasteiger partial charge in [0, 0.05) is 18.4 Å². The highest BCUT2D eigenvalue weighted by Gasteiger charge is 2.40. The van der Waals surface area contributed by atoms with Crippen LogP contribution in [-0.2, 0) is 6.18 Å². The number of oxazole rings is 1. The highest BCUT2D eigenvalue weighted by Crippen LogP contribution is 2.37. The van der Waals surface area contributed by atoms with Crippen LogP contribution in [0.5, 0.6) is 0 Å². The summed E-state index contributed by atoms with van der Waals surface area (Å²) in [4.78, 5) is 3.69. The van der Waals surface area contributed by atoms with Gasteiger partial charge in [-0.05, 0) is 19.4 Å². The molecule has 0 aromatic carbocycles. The van der Waals surface area contributed by atoms with Gasteiger partial charge < -0.3 is 9.73 Å². The Morgan fingerprint density at radius 2 is 2.11 bits per heavy atom. The number of rotatable bonds is 2. The molecule has 1 N–H and O–H groups in total. The molecule has 2 heterocycles. The number of aromatic nitrogens is 1. The van der Waals surface area contributed by atoms with E-state index in [1.165, 1.54) is 0 Å². The van der Waals surface area contributed by atoms with Crippen LogP contribution in [-0.4, -0.2) is 18.1 Å². The highest BCUT2D eigenvalue weighted by molar-refractivity contribution is 5.18. The Kier molecular flexibility index (Phi) is 3.66. The lowest BCUT2D eigenvalue weighted by atomic mass is 10.00. The average Bonchev–Trinajstić information content (AvgIpc) is 2.74. The van der Waals surface area contributed by atoms with Crippen LogP contribution < -0.4 is 5.32 Å². The third kappa shape index (κ3) is 2.68. The van der Waals surface area contributed by atoms with Gasteiger partial charge in [0.05, 0.1) is 0 Å². The second kappa shape index (κ2) is 4.91. The van der Waals surface area contributed by atoms with Crippen LogP contribution in [0.4, 0.5) is 13.2 Å². The number of hydrogen-bond donors (Lipinski definition) is 1. The van der Waals surface area contributed by atoms with Gasteiger partial charge in [-0.15, -0.1) is 0 Å². The van der Waals surface area contributed by atoms with Crippen molar-refractivity contribution in [1.82, 2.24) is 10.3 Å². The predicted octanol–water partition coefficient (Wildman–Crippen LogP) is 3.28. The molecule has 3 nitrogen and oxygen atoms in total. The summed E-state index contributed by atoms with van der Waals surface area (Å²) >= 11 is 0. The van der Waals surface area contributed by atoms with Gasteiger partial charge in [-0.2, -0.15) is 13.2 Å². The van der Waals surface area contributed by atoms with E-state index in [9.17, 15) is 13.2 Å². The van der Waals surface area contributed by atoms with Gasteiger partial charge in [-0.25, -0.2) is 4.98 Å². The summed E-state index contributed by atoms with van der Waals surface area (Å²) in [5.41, 5.74) is -0.863. The highest BCUT2D eigenvalue weighted by atomic mass is 19.4. The quantitative estimate of drug-likeness (QED) is 0.888. The normalized spacial score (nSPS) is 21.6. The maximum absolute atomic E-state index is 12.9. The molecule has 1 fully saturated rings. The summed E-state index contributed by atoms with van der Waals surface area (Å²) in [5.74, 6) is -0.201. The molecule has 6 heteroatoms. The molecular formula is C12H17F3N2O. The first kappa shape index (κ1) is 13.4. The van der Waals surface area contributed by atoms with Crippen molar-refractivity contribution in [3.05, 3.63) is 17.3 Å². The molecule has 0 spiro atoms. The zero-order valence-electron chi connectivity index (χ0n) is 10.5. The Labute approximate surface area is 104 Å². The Bertz CT molecular complexity index is 406. The summed E-state index contributed by atoms with van der Waals surface area (Å²) in [6.45, 7) is 4.90. The van der Waals surface area contributed by atoms with Crippen LogP contribution in [0.15, 0.2) is 4.42 Å². The van der Waals surface area contributed by atoms with E-state index in [1.54, 1.807) is 13.8 Å². The number of alkyl halides is 3. The molecule has 1 aromatic rings. The first-order chi connectivity index (χ1) is 8.39. The molecule has 1 aliphatic rings. The minimum absolute atomic E-state index is 0.0488. The fourth-order valence-corrected chi connectivity index (χ4v) is 2.18. The summed E-state index contributed by atoms with van der Waals surface area (Å²) in [7, 11) is 0. The van der Waals surface area contributed by atoms with E-state index in [1.807, 2.05) is 0 Å². The number of nitrogens with one attached hydrogen (secondary N) is 1. The van der Waals surface area contributed by atoms with Gasteiger partial charge in [0.2, 0.25) is 0 Å². The lowest BCUT2D eigenvalue weighted by molar-refractivity contribution is -0.142. The van der Waals surface area contributed by atoms with Crippen LogP contribution in [0.1, 0.15) is 55.9 Å². The van der Waals surface area contributed by atoms with Gasteiger partial charge in [0.1, 0.15) is 5.76 Å². The summed E-state index contributed by atoms with van der Waals surface area (Å²) in [5, 5.41) is 3.15. The molecule has 0 saturated carbocycles. The first-order valence-electron chi connectivity index (χ1n) is 6.18. The van der Waals surface area contributed by atoms with E-state index in [0.29, 0.717) is 6.54 Å². The van der Waals surface area contributed by atoms with Crippen LogP contribution in [0, 0.1) is 0 Å². The van der Waals surface area contributed by atoms with Crippen molar-refractivity contribution in [2.75, 3.05) is 13.1 Å². The summed E-state index contributed by atoms with van der Waals surface area (Å²) < 4.78 is 43.9. The standard InChI is InChI=1S/C12H17F3N2O/c1-7(2)9-10(12(13,14)15)17-11(18-9)8-4-3-5-16-6-8/h7-8,16H,3-6H2,1-2H3. The van der Waals surface area contributed by atoms with Gasteiger partial charge in [-0.1, -0.05) is 13.8 Å². The molecule has 18 heavy (non-hydrogen) atoms. The molecule has 0 bridgehead atoms. The van der Waals surface area contributed by atoms with Gasteiger partial charge in [-0.3, -0.25) is 0 Å². The zero-order chi connectivity index (χ0) is 13.3. The van der Waals surface area contributed by atoms with E-state index in [2.05, 4.69) is 10.3 Å². The minimum Gasteiger partial charge on any atom is -0.444 e. The van der Waals surface area contributed by atoms with Crippen molar-refractivity contribution in [2.24, 2.45) is 0 Å². The monoisotopic (exact) mass is 262 g/mol. The number of piperidine rings is 1. The first-order valence-corrected chi connectivity index (χ1v) is 6.18. The van der Waals surface area contributed by atoms with Gasteiger partial charge in [0.15, 0.2) is 11.6 Å². The molecule has 1 atom stereocenters. The lowest BCUT2D eigenvalue weighted by Gasteiger charge is -2.19. The molecule has 1 aromatic heterocycles. The van der Waals surface area contributed by atoms with Crippen molar-refractivity contribution in [3.8, 4) is 0 Å². The van der Waals surface area contributed by atoms with Crippen LogP contribution in [0.2, 0.25) is 0 Å². The van der Waals surface area contributed by atoms with E-state index in [0.717, 1.165) is 19.4 Å². The Morgan fingerprint density at radius 1 is 1.39 bits per heavy atom. The minimum atomic E-state index is -4.44. The van der Waals surface area contributed by atoms with E-state index in [-0.39, 0.29) is 23.5 Å². The second-order valence-electron chi connectivity index (χ2n) is 4.96. The van der Waals surface area contributed by atoms with E-state index >= 15 is 0 Å².